The summed E-state index contributed by atoms with van der Waals surface area (Å²) in [5.74, 6) is 0.235. The predicted molar refractivity (Wildman–Crippen MR) is 81.0 cm³/mol. The van der Waals surface area contributed by atoms with E-state index >= 15 is 0 Å². The van der Waals surface area contributed by atoms with Gasteiger partial charge in [0.2, 0.25) is 0 Å². The van der Waals surface area contributed by atoms with Gasteiger partial charge in [0.15, 0.2) is 0 Å². The maximum Gasteiger partial charge on any atom is 0.573 e. The van der Waals surface area contributed by atoms with Gasteiger partial charge < -0.3 is 10.1 Å². The molecule has 1 N–H and O–H groups in total. The van der Waals surface area contributed by atoms with Gasteiger partial charge >= 0.3 is 6.36 Å². The summed E-state index contributed by atoms with van der Waals surface area (Å²) in [5, 5.41) is 4.32. The monoisotopic (exact) mass is 339 g/mol. The highest BCUT2D eigenvalue weighted by Crippen LogP contribution is 2.27. The number of ether oxygens (including phenoxy) is 1. The zero-order chi connectivity index (χ0) is 16.4. The van der Waals surface area contributed by atoms with Crippen molar-refractivity contribution < 1.29 is 17.9 Å². The molecule has 8 heteroatoms. The third-order valence-electron chi connectivity index (χ3n) is 2.95. The molecule has 0 fully saturated rings. The molecule has 0 amide bonds. The van der Waals surface area contributed by atoms with Gasteiger partial charge in [-0.1, -0.05) is 11.6 Å². The van der Waals surface area contributed by atoms with E-state index in [-0.39, 0.29) is 5.75 Å². The molecule has 3 rings (SSSR count). The van der Waals surface area contributed by atoms with Crippen molar-refractivity contribution in [3.63, 3.8) is 0 Å². The van der Waals surface area contributed by atoms with Crippen LogP contribution < -0.4 is 10.1 Å². The molecule has 0 aliphatic rings. The minimum Gasteiger partial charge on any atom is -0.406 e. The van der Waals surface area contributed by atoms with Gasteiger partial charge in [0.1, 0.15) is 17.9 Å². The molecular weight excluding hydrogens is 331 g/mol. The number of nitrogens with zero attached hydrogens (tertiary/aromatic N) is 2. The predicted octanol–water partition coefficient (Wildman–Crippen LogP) is 4.93. The van der Waals surface area contributed by atoms with E-state index in [2.05, 4.69) is 20.0 Å². The summed E-state index contributed by atoms with van der Waals surface area (Å²) in [5.41, 5.74) is 1.22. The molecule has 0 unspecified atom stereocenters. The summed E-state index contributed by atoms with van der Waals surface area (Å²) in [4.78, 5) is 8.26. The van der Waals surface area contributed by atoms with Gasteiger partial charge in [-0.15, -0.1) is 13.2 Å². The number of hydrogen-bond donors (Lipinski definition) is 1. The zero-order valence-electron chi connectivity index (χ0n) is 11.4. The average Bonchev–Trinajstić information content (AvgIpc) is 2.48. The van der Waals surface area contributed by atoms with E-state index in [1.807, 2.05) is 0 Å². The van der Waals surface area contributed by atoms with E-state index in [9.17, 15) is 13.2 Å². The van der Waals surface area contributed by atoms with Gasteiger partial charge in [0.25, 0.3) is 0 Å². The van der Waals surface area contributed by atoms with Crippen molar-refractivity contribution in [2.45, 2.75) is 6.36 Å². The summed E-state index contributed by atoms with van der Waals surface area (Å²) >= 11 is 5.91. The van der Waals surface area contributed by atoms with Crippen LogP contribution in [0.1, 0.15) is 0 Å². The van der Waals surface area contributed by atoms with Crippen molar-refractivity contribution >= 4 is 34.0 Å². The summed E-state index contributed by atoms with van der Waals surface area (Å²) in [6.07, 6.45) is -3.33. The molecule has 23 heavy (non-hydrogen) atoms. The zero-order valence-corrected chi connectivity index (χ0v) is 12.2. The van der Waals surface area contributed by atoms with Crippen LogP contribution in [0, 0.1) is 0 Å². The first-order valence-corrected chi connectivity index (χ1v) is 6.82. The lowest BCUT2D eigenvalue weighted by Crippen LogP contribution is -2.16. The molecule has 1 aromatic heterocycles. The van der Waals surface area contributed by atoms with Crippen LogP contribution >= 0.6 is 11.6 Å². The van der Waals surface area contributed by atoms with E-state index < -0.39 is 6.36 Å². The maximum absolute atomic E-state index is 12.1. The second kappa shape index (κ2) is 5.92. The first kappa shape index (κ1) is 15.4. The van der Waals surface area contributed by atoms with Crippen LogP contribution in [0.3, 0.4) is 0 Å². The van der Waals surface area contributed by atoms with Crippen LogP contribution in [-0.4, -0.2) is 16.3 Å². The number of aromatic nitrogens is 2. The smallest absolute Gasteiger partial charge is 0.406 e. The number of rotatable bonds is 3. The Hall–Kier alpha value is -2.54. The van der Waals surface area contributed by atoms with Gasteiger partial charge in [-0.05, 0) is 42.5 Å². The van der Waals surface area contributed by atoms with Crippen molar-refractivity contribution in [1.29, 1.82) is 0 Å². The van der Waals surface area contributed by atoms with Gasteiger partial charge in [0.05, 0.1) is 5.52 Å². The van der Waals surface area contributed by atoms with Gasteiger partial charge in [-0.2, -0.15) is 0 Å². The minimum absolute atomic E-state index is 0.289. The molecule has 4 nitrogen and oxygen atoms in total. The first-order chi connectivity index (χ1) is 10.9. The molecule has 0 bridgehead atoms. The molecule has 0 aliphatic heterocycles. The largest absolute Gasteiger partial charge is 0.573 e. The number of halogens is 4. The van der Waals surface area contributed by atoms with Crippen molar-refractivity contribution in [3.8, 4) is 5.75 Å². The molecule has 0 aliphatic carbocycles. The third kappa shape index (κ3) is 3.81. The second-order valence-electron chi connectivity index (χ2n) is 4.58. The molecule has 1 heterocycles. The molecule has 3 aromatic rings. The SMILES string of the molecule is FC(F)(F)Oc1ccc(Nc2ncnc3cc(Cl)ccc23)cc1. The Morgan fingerprint density at radius 3 is 2.43 bits per heavy atom. The lowest BCUT2D eigenvalue weighted by molar-refractivity contribution is -0.274. The van der Waals surface area contributed by atoms with Crippen LogP contribution in [0.2, 0.25) is 5.02 Å². The van der Waals surface area contributed by atoms with Crippen molar-refractivity contribution in [2.75, 3.05) is 5.32 Å². The Labute approximate surface area is 133 Å². The molecule has 2 aromatic carbocycles. The maximum atomic E-state index is 12.1. The molecule has 118 valence electrons. The fourth-order valence-corrected chi connectivity index (χ4v) is 2.17. The van der Waals surface area contributed by atoms with Gasteiger partial charge in [0, 0.05) is 16.1 Å². The lowest BCUT2D eigenvalue weighted by Gasteiger charge is -2.11. The highest BCUT2D eigenvalue weighted by atomic mass is 35.5. The fraction of sp³-hybridized carbons (Fsp3) is 0.0667. The van der Waals surface area contributed by atoms with Gasteiger partial charge in [-0.3, -0.25) is 0 Å². The highest BCUT2D eigenvalue weighted by molar-refractivity contribution is 6.31. The molecule has 0 saturated heterocycles. The Balaban J connectivity index is 1.85. The topological polar surface area (TPSA) is 47.0 Å². The quantitative estimate of drug-likeness (QED) is 0.735. The molecule has 0 atom stereocenters. The Kier molecular flexibility index (Phi) is 3.96. The van der Waals surface area contributed by atoms with Crippen LogP contribution in [0.4, 0.5) is 24.7 Å². The average molecular weight is 340 g/mol. The van der Waals surface area contributed by atoms with Crippen LogP contribution in [0.15, 0.2) is 48.8 Å². The number of fused-ring (bicyclic) bond motifs is 1. The Morgan fingerprint density at radius 2 is 1.74 bits per heavy atom. The Morgan fingerprint density at radius 1 is 1.00 bits per heavy atom. The molecule has 0 saturated carbocycles. The fourth-order valence-electron chi connectivity index (χ4n) is 2.01. The second-order valence-corrected chi connectivity index (χ2v) is 5.02. The molecular formula is C15H9ClF3N3O. The lowest BCUT2D eigenvalue weighted by atomic mass is 10.2. The van der Waals surface area contributed by atoms with E-state index in [0.29, 0.717) is 22.0 Å². The number of alkyl halides is 3. The van der Waals surface area contributed by atoms with Crippen LogP contribution in [0.5, 0.6) is 5.75 Å². The molecule has 0 spiro atoms. The van der Waals surface area contributed by atoms with Crippen molar-refractivity contribution in [3.05, 3.63) is 53.8 Å². The van der Waals surface area contributed by atoms with Crippen molar-refractivity contribution in [2.24, 2.45) is 0 Å². The van der Waals surface area contributed by atoms with E-state index in [1.165, 1.54) is 30.6 Å². The van der Waals surface area contributed by atoms with Crippen LogP contribution in [0.25, 0.3) is 10.9 Å². The van der Waals surface area contributed by atoms with Crippen LogP contribution in [-0.2, 0) is 0 Å². The highest BCUT2D eigenvalue weighted by Gasteiger charge is 2.30. The summed E-state index contributed by atoms with van der Waals surface area (Å²) in [7, 11) is 0. The Bertz CT molecular complexity index is 837. The van der Waals surface area contributed by atoms with E-state index in [0.717, 1.165) is 5.39 Å². The number of hydrogen-bond acceptors (Lipinski definition) is 4. The van der Waals surface area contributed by atoms with Crippen molar-refractivity contribution in [1.82, 2.24) is 9.97 Å². The third-order valence-corrected chi connectivity index (χ3v) is 3.18. The standard InChI is InChI=1S/C15H9ClF3N3O/c16-9-1-6-12-13(7-9)20-8-21-14(12)22-10-2-4-11(5-3-10)23-15(17,18)19/h1-8H,(H,20,21,22). The number of anilines is 2. The normalized spacial score (nSPS) is 11.5. The van der Waals surface area contributed by atoms with E-state index in [4.69, 9.17) is 11.6 Å². The summed E-state index contributed by atoms with van der Waals surface area (Å²) in [6.45, 7) is 0. The minimum atomic E-state index is -4.71. The molecule has 0 radical (unpaired) electrons. The number of benzene rings is 2. The van der Waals surface area contributed by atoms with E-state index in [1.54, 1.807) is 18.2 Å². The number of nitrogens with one attached hydrogen (secondary N) is 1. The van der Waals surface area contributed by atoms with Gasteiger partial charge in [-0.25, -0.2) is 9.97 Å². The summed E-state index contributed by atoms with van der Waals surface area (Å²) < 4.78 is 40.2. The summed E-state index contributed by atoms with van der Waals surface area (Å²) in [6, 6.07) is 10.5. The first-order valence-electron chi connectivity index (χ1n) is 6.44.